The zero-order valence-electron chi connectivity index (χ0n) is 13.3. The highest BCUT2D eigenvalue weighted by Gasteiger charge is 2.47. The van der Waals surface area contributed by atoms with Crippen LogP contribution >= 0.6 is 0 Å². The Morgan fingerprint density at radius 3 is 2.59 bits per heavy atom. The molecule has 0 bridgehead atoms. The van der Waals surface area contributed by atoms with Crippen LogP contribution in [-0.2, 0) is 11.2 Å². The average Bonchev–Trinajstić information content (AvgIpc) is 3.28. The van der Waals surface area contributed by atoms with Crippen LogP contribution < -0.4 is 5.32 Å². The lowest BCUT2D eigenvalue weighted by atomic mass is 9.93. The van der Waals surface area contributed by atoms with Crippen LogP contribution in [0.15, 0.2) is 24.3 Å². The number of benzene rings is 1. The summed E-state index contributed by atoms with van der Waals surface area (Å²) in [5.41, 5.74) is 2.55. The fourth-order valence-corrected chi connectivity index (χ4v) is 4.79. The molecule has 1 atom stereocenters. The lowest BCUT2D eigenvalue weighted by molar-refractivity contribution is -0.133. The summed E-state index contributed by atoms with van der Waals surface area (Å²) in [6.07, 6.45) is 9.15. The number of amides is 1. The fourth-order valence-electron chi connectivity index (χ4n) is 4.79. The number of carbonyl (C=O) groups excluding carboxylic acids is 1. The molecule has 1 saturated heterocycles. The summed E-state index contributed by atoms with van der Waals surface area (Å²) in [7, 11) is 0. The Labute approximate surface area is 133 Å². The summed E-state index contributed by atoms with van der Waals surface area (Å²) >= 11 is 0. The number of rotatable bonds is 3. The normalized spacial score (nSPS) is 27.0. The van der Waals surface area contributed by atoms with Crippen LogP contribution in [0.1, 0.15) is 62.1 Å². The smallest absolute Gasteiger partial charge is 0.241 e. The van der Waals surface area contributed by atoms with Gasteiger partial charge in [0.2, 0.25) is 5.91 Å². The van der Waals surface area contributed by atoms with E-state index < -0.39 is 0 Å². The van der Waals surface area contributed by atoms with Crippen molar-refractivity contribution in [3.05, 3.63) is 35.4 Å². The van der Waals surface area contributed by atoms with E-state index in [9.17, 15) is 4.79 Å². The van der Waals surface area contributed by atoms with Gasteiger partial charge in [0.25, 0.3) is 0 Å². The monoisotopic (exact) mass is 298 g/mol. The summed E-state index contributed by atoms with van der Waals surface area (Å²) in [5.74, 6) is 0.300. The van der Waals surface area contributed by atoms with E-state index in [1.54, 1.807) is 0 Å². The minimum absolute atomic E-state index is 0.200. The van der Waals surface area contributed by atoms with Gasteiger partial charge in [-0.2, -0.15) is 0 Å². The molecule has 3 nitrogen and oxygen atoms in total. The van der Waals surface area contributed by atoms with E-state index in [-0.39, 0.29) is 11.6 Å². The molecule has 3 heteroatoms. The quantitative estimate of drug-likeness (QED) is 0.929. The molecule has 1 aromatic carbocycles. The van der Waals surface area contributed by atoms with Crippen molar-refractivity contribution in [1.29, 1.82) is 0 Å². The van der Waals surface area contributed by atoms with E-state index in [4.69, 9.17) is 0 Å². The molecule has 1 saturated carbocycles. The lowest BCUT2D eigenvalue weighted by Crippen LogP contribution is -2.56. The van der Waals surface area contributed by atoms with E-state index >= 15 is 0 Å². The first-order valence-corrected chi connectivity index (χ1v) is 8.93. The summed E-state index contributed by atoms with van der Waals surface area (Å²) in [6, 6.07) is 8.81. The summed E-state index contributed by atoms with van der Waals surface area (Å²) in [6.45, 7) is 2.21. The van der Waals surface area contributed by atoms with Crippen LogP contribution in [0.25, 0.3) is 0 Å². The van der Waals surface area contributed by atoms with Gasteiger partial charge in [-0.25, -0.2) is 0 Å². The zero-order chi connectivity index (χ0) is 15.0. The highest BCUT2D eigenvalue weighted by atomic mass is 16.2. The summed E-state index contributed by atoms with van der Waals surface area (Å²) < 4.78 is 0. The van der Waals surface area contributed by atoms with Crippen molar-refractivity contribution in [2.75, 3.05) is 13.1 Å². The first-order chi connectivity index (χ1) is 10.8. The molecule has 1 amide bonds. The van der Waals surface area contributed by atoms with Gasteiger partial charge in [0.1, 0.15) is 5.54 Å². The van der Waals surface area contributed by atoms with Crippen molar-refractivity contribution in [1.82, 2.24) is 10.2 Å². The first kappa shape index (κ1) is 14.3. The minimum Gasteiger partial charge on any atom is -0.348 e. The second-order valence-corrected chi connectivity index (χ2v) is 7.20. The number of likely N-dealkylation sites (tertiary alicyclic amines) is 1. The van der Waals surface area contributed by atoms with Crippen molar-refractivity contribution in [3.8, 4) is 0 Å². The highest BCUT2D eigenvalue weighted by Crippen LogP contribution is 2.39. The molecular weight excluding hydrogens is 272 g/mol. The maximum Gasteiger partial charge on any atom is 0.241 e. The number of fused-ring (bicyclic) bond motifs is 1. The molecule has 3 aliphatic rings. The number of carbonyl (C=O) groups is 1. The van der Waals surface area contributed by atoms with Crippen molar-refractivity contribution < 1.29 is 4.79 Å². The van der Waals surface area contributed by atoms with Gasteiger partial charge in [0.05, 0.1) is 6.04 Å². The van der Waals surface area contributed by atoms with Gasteiger partial charge in [-0.15, -0.1) is 0 Å². The first-order valence-electron chi connectivity index (χ1n) is 8.93. The molecule has 22 heavy (non-hydrogen) atoms. The van der Waals surface area contributed by atoms with E-state index in [1.165, 1.54) is 36.8 Å². The summed E-state index contributed by atoms with van der Waals surface area (Å²) in [4.78, 5) is 15.6. The third-order valence-electron chi connectivity index (χ3n) is 6.00. The largest absolute Gasteiger partial charge is 0.348 e. The van der Waals surface area contributed by atoms with Crippen molar-refractivity contribution in [3.63, 3.8) is 0 Å². The molecule has 1 aromatic rings. The Hall–Kier alpha value is -1.35. The fraction of sp³-hybridized carbons (Fsp3) is 0.632. The van der Waals surface area contributed by atoms with Gasteiger partial charge >= 0.3 is 0 Å². The molecule has 1 heterocycles. The van der Waals surface area contributed by atoms with Crippen molar-refractivity contribution in [2.45, 2.75) is 62.9 Å². The predicted octanol–water partition coefficient (Wildman–Crippen LogP) is 3.20. The molecule has 4 rings (SSSR count). The number of aryl methyl sites for hydroxylation is 1. The second kappa shape index (κ2) is 5.69. The number of hydrogen-bond acceptors (Lipinski definition) is 2. The van der Waals surface area contributed by atoms with Crippen LogP contribution in [0.4, 0.5) is 0 Å². The van der Waals surface area contributed by atoms with E-state index in [0.29, 0.717) is 5.91 Å². The third kappa shape index (κ3) is 2.26. The van der Waals surface area contributed by atoms with Gasteiger partial charge < -0.3 is 5.32 Å². The third-order valence-corrected chi connectivity index (χ3v) is 6.00. The Kier molecular flexibility index (Phi) is 3.69. The Bertz CT molecular complexity index is 556. The molecule has 0 aromatic heterocycles. The van der Waals surface area contributed by atoms with Gasteiger partial charge in [0.15, 0.2) is 0 Å². The van der Waals surface area contributed by atoms with E-state index in [2.05, 4.69) is 34.5 Å². The molecule has 118 valence electrons. The van der Waals surface area contributed by atoms with E-state index in [0.717, 1.165) is 38.8 Å². The molecule has 1 N–H and O–H groups in total. The van der Waals surface area contributed by atoms with Crippen LogP contribution in [0, 0.1) is 0 Å². The maximum atomic E-state index is 13.2. The number of nitrogens with zero attached hydrogens (tertiary/aromatic N) is 1. The predicted molar refractivity (Wildman–Crippen MR) is 87.7 cm³/mol. The molecule has 0 spiro atoms. The van der Waals surface area contributed by atoms with E-state index in [1.807, 2.05) is 0 Å². The topological polar surface area (TPSA) is 32.3 Å². The molecular formula is C19H26N2O. The standard InChI is InChI=1S/C19H26N2O/c22-18(19(11-3-4-12-19)21-13-5-6-14-21)20-17-10-9-15-7-1-2-8-16(15)17/h1-2,7-8,17H,3-6,9-14H2,(H,20,22). The molecule has 2 fully saturated rings. The average molecular weight is 298 g/mol. The molecule has 1 unspecified atom stereocenters. The van der Waals surface area contributed by atoms with Crippen LogP contribution in [0.2, 0.25) is 0 Å². The van der Waals surface area contributed by atoms with Gasteiger partial charge in [-0.3, -0.25) is 9.69 Å². The van der Waals surface area contributed by atoms with Gasteiger partial charge in [-0.1, -0.05) is 37.1 Å². The zero-order valence-corrected chi connectivity index (χ0v) is 13.3. The van der Waals surface area contributed by atoms with Crippen molar-refractivity contribution in [2.24, 2.45) is 0 Å². The van der Waals surface area contributed by atoms with Crippen LogP contribution in [0.3, 0.4) is 0 Å². The Morgan fingerprint density at radius 2 is 1.82 bits per heavy atom. The molecule has 0 radical (unpaired) electrons. The number of nitrogens with one attached hydrogen (secondary N) is 1. The van der Waals surface area contributed by atoms with Crippen LogP contribution in [0.5, 0.6) is 0 Å². The molecule has 2 aliphatic carbocycles. The summed E-state index contributed by atoms with van der Waals surface area (Å²) in [5, 5.41) is 3.41. The highest BCUT2D eigenvalue weighted by molar-refractivity contribution is 5.87. The van der Waals surface area contributed by atoms with Gasteiger partial charge in [0, 0.05) is 0 Å². The Balaban J connectivity index is 1.53. The molecule has 1 aliphatic heterocycles. The van der Waals surface area contributed by atoms with Gasteiger partial charge in [-0.05, 0) is 62.7 Å². The SMILES string of the molecule is O=C(NC1CCc2ccccc21)C1(N2CCCC2)CCCC1. The number of hydrogen-bond donors (Lipinski definition) is 1. The van der Waals surface area contributed by atoms with Crippen molar-refractivity contribution >= 4 is 5.91 Å². The van der Waals surface area contributed by atoms with Crippen LogP contribution in [-0.4, -0.2) is 29.4 Å². The minimum atomic E-state index is -0.200. The second-order valence-electron chi connectivity index (χ2n) is 7.20. The lowest BCUT2D eigenvalue weighted by Gasteiger charge is -2.38. The Morgan fingerprint density at radius 1 is 1.09 bits per heavy atom. The maximum absolute atomic E-state index is 13.2.